The van der Waals surface area contributed by atoms with E-state index in [1.54, 1.807) is 0 Å². The van der Waals surface area contributed by atoms with Crippen molar-refractivity contribution >= 4 is 21.6 Å². The van der Waals surface area contributed by atoms with E-state index in [1.165, 1.54) is 0 Å². The third kappa shape index (κ3) is 3.31. The van der Waals surface area contributed by atoms with Crippen LogP contribution >= 0.6 is 11.6 Å². The zero-order valence-corrected chi connectivity index (χ0v) is 10.1. The Morgan fingerprint density at radius 2 is 2.13 bits per heavy atom. The Labute approximate surface area is 95.4 Å². The molecule has 0 aromatic rings. The smallest absolute Gasteiger partial charge is 0.214 e. The Hall–Kier alpha value is 0.160. The lowest BCUT2D eigenvalue weighted by molar-refractivity contribution is 0.127. The van der Waals surface area contributed by atoms with Crippen LogP contribution < -0.4 is 4.72 Å². The third-order valence-corrected chi connectivity index (χ3v) is 4.72. The highest BCUT2D eigenvalue weighted by atomic mass is 35.5. The van der Waals surface area contributed by atoms with Crippen LogP contribution in [0.4, 0.5) is 0 Å². The monoisotopic (exact) mass is 253 g/mol. The van der Waals surface area contributed by atoms with Gasteiger partial charge in [-0.2, -0.15) is 0 Å². The van der Waals surface area contributed by atoms with E-state index in [-0.39, 0.29) is 23.3 Å². The van der Waals surface area contributed by atoms with Gasteiger partial charge in [0.1, 0.15) is 0 Å². The molecule has 1 aliphatic heterocycles. The van der Waals surface area contributed by atoms with Gasteiger partial charge in [-0.05, 0) is 25.7 Å². The molecule has 2 rings (SSSR count). The van der Waals surface area contributed by atoms with Gasteiger partial charge in [-0.25, -0.2) is 13.1 Å². The van der Waals surface area contributed by atoms with Crippen LogP contribution in [-0.2, 0) is 14.8 Å². The minimum absolute atomic E-state index is 0.0407. The van der Waals surface area contributed by atoms with Crippen LogP contribution in [0.2, 0.25) is 0 Å². The standard InChI is InChI=1S/C9H16ClNO3S/c10-7-4-8(5-7)11-15(12,13)6-9-2-1-3-14-9/h7-9,11H,1-6H2. The predicted octanol–water partition coefficient (Wildman–Crippen LogP) is 0.855. The zero-order valence-electron chi connectivity index (χ0n) is 8.49. The van der Waals surface area contributed by atoms with E-state index >= 15 is 0 Å². The molecular formula is C9H16ClNO3S. The maximum Gasteiger partial charge on any atom is 0.214 e. The second-order valence-electron chi connectivity index (χ2n) is 4.30. The molecule has 1 N–H and O–H groups in total. The van der Waals surface area contributed by atoms with Gasteiger partial charge in [0.05, 0.1) is 11.9 Å². The molecule has 2 fully saturated rings. The van der Waals surface area contributed by atoms with Crippen molar-refractivity contribution in [1.82, 2.24) is 4.72 Å². The zero-order chi connectivity index (χ0) is 10.9. The Morgan fingerprint density at radius 1 is 1.40 bits per heavy atom. The maximum absolute atomic E-state index is 11.7. The molecule has 0 spiro atoms. The average molecular weight is 254 g/mol. The van der Waals surface area contributed by atoms with Crippen molar-refractivity contribution in [3.8, 4) is 0 Å². The van der Waals surface area contributed by atoms with Crippen molar-refractivity contribution in [2.75, 3.05) is 12.4 Å². The summed E-state index contributed by atoms with van der Waals surface area (Å²) in [5.41, 5.74) is 0. The van der Waals surface area contributed by atoms with Crippen LogP contribution in [0.25, 0.3) is 0 Å². The number of rotatable bonds is 4. The lowest BCUT2D eigenvalue weighted by Crippen LogP contribution is -2.46. The van der Waals surface area contributed by atoms with Gasteiger partial charge < -0.3 is 4.74 Å². The van der Waals surface area contributed by atoms with Gasteiger partial charge in [0.2, 0.25) is 10.0 Å². The van der Waals surface area contributed by atoms with Crippen molar-refractivity contribution in [2.45, 2.75) is 43.2 Å². The molecule has 0 aromatic heterocycles. The fourth-order valence-electron chi connectivity index (χ4n) is 1.97. The average Bonchev–Trinajstić information content (AvgIpc) is 2.52. The molecule has 4 nitrogen and oxygen atoms in total. The van der Waals surface area contributed by atoms with Gasteiger partial charge in [0, 0.05) is 18.0 Å². The van der Waals surface area contributed by atoms with E-state index in [0.29, 0.717) is 6.61 Å². The SMILES string of the molecule is O=S(=O)(CC1CCCO1)NC1CC(Cl)C1. The second kappa shape index (κ2) is 4.57. The van der Waals surface area contributed by atoms with Crippen LogP contribution in [0.3, 0.4) is 0 Å². The van der Waals surface area contributed by atoms with Crippen molar-refractivity contribution in [1.29, 1.82) is 0 Å². The number of nitrogens with one attached hydrogen (secondary N) is 1. The molecular weight excluding hydrogens is 238 g/mol. The Bertz CT molecular complexity index is 307. The summed E-state index contributed by atoms with van der Waals surface area (Å²) in [5.74, 6) is 0.0937. The number of hydrogen-bond donors (Lipinski definition) is 1. The molecule has 1 aliphatic carbocycles. The molecule has 1 unspecified atom stereocenters. The summed E-state index contributed by atoms with van der Waals surface area (Å²) < 4.78 is 31.3. The molecule has 0 amide bonds. The first-order chi connectivity index (χ1) is 7.05. The minimum Gasteiger partial charge on any atom is -0.377 e. The molecule has 6 heteroatoms. The lowest BCUT2D eigenvalue weighted by Gasteiger charge is -2.31. The quantitative estimate of drug-likeness (QED) is 0.756. The van der Waals surface area contributed by atoms with Gasteiger partial charge in [-0.3, -0.25) is 0 Å². The van der Waals surface area contributed by atoms with E-state index in [4.69, 9.17) is 16.3 Å². The number of alkyl halides is 1. The summed E-state index contributed by atoms with van der Waals surface area (Å²) in [6.45, 7) is 0.688. The maximum atomic E-state index is 11.7. The van der Waals surface area contributed by atoms with Gasteiger partial charge >= 0.3 is 0 Å². The van der Waals surface area contributed by atoms with Crippen LogP contribution in [-0.4, -0.2) is 38.3 Å². The van der Waals surface area contributed by atoms with Crippen molar-refractivity contribution in [2.24, 2.45) is 0 Å². The molecule has 0 bridgehead atoms. The van der Waals surface area contributed by atoms with Crippen LogP contribution in [0.5, 0.6) is 0 Å². The van der Waals surface area contributed by atoms with E-state index in [9.17, 15) is 8.42 Å². The highest BCUT2D eigenvalue weighted by Crippen LogP contribution is 2.26. The summed E-state index contributed by atoms with van der Waals surface area (Å²) in [5, 5.41) is 0.139. The first-order valence-corrected chi connectivity index (χ1v) is 7.40. The van der Waals surface area contributed by atoms with Crippen LogP contribution in [0.15, 0.2) is 0 Å². The third-order valence-electron chi connectivity index (χ3n) is 2.86. The topological polar surface area (TPSA) is 55.4 Å². The van der Waals surface area contributed by atoms with Crippen LogP contribution in [0, 0.1) is 0 Å². The molecule has 0 aromatic carbocycles. The largest absolute Gasteiger partial charge is 0.377 e. The van der Waals surface area contributed by atoms with Gasteiger partial charge in [0.25, 0.3) is 0 Å². The molecule has 2 aliphatic rings. The number of ether oxygens (including phenoxy) is 1. The highest BCUT2D eigenvalue weighted by Gasteiger charge is 2.32. The van der Waals surface area contributed by atoms with Gasteiger partial charge in [0.15, 0.2) is 0 Å². The van der Waals surface area contributed by atoms with Crippen molar-refractivity contribution in [3.05, 3.63) is 0 Å². The summed E-state index contributed by atoms with van der Waals surface area (Å²) in [7, 11) is -3.18. The first-order valence-electron chi connectivity index (χ1n) is 5.31. The summed E-state index contributed by atoms with van der Waals surface area (Å²) in [4.78, 5) is 0. The first kappa shape index (κ1) is 11.6. The van der Waals surface area contributed by atoms with Gasteiger partial charge in [-0.1, -0.05) is 0 Å². The number of halogens is 1. The fraction of sp³-hybridized carbons (Fsp3) is 1.00. The predicted molar refractivity (Wildman–Crippen MR) is 58.6 cm³/mol. The lowest BCUT2D eigenvalue weighted by atomic mass is 9.94. The Balaban J connectivity index is 1.78. The van der Waals surface area contributed by atoms with E-state index < -0.39 is 10.0 Å². The summed E-state index contributed by atoms with van der Waals surface area (Å²) in [6, 6.07) is 0.0407. The van der Waals surface area contributed by atoms with E-state index in [0.717, 1.165) is 25.7 Å². The highest BCUT2D eigenvalue weighted by molar-refractivity contribution is 7.89. The van der Waals surface area contributed by atoms with Crippen LogP contribution in [0.1, 0.15) is 25.7 Å². The van der Waals surface area contributed by atoms with Crippen molar-refractivity contribution < 1.29 is 13.2 Å². The Morgan fingerprint density at radius 3 is 2.67 bits per heavy atom. The number of hydrogen-bond acceptors (Lipinski definition) is 3. The number of sulfonamides is 1. The molecule has 0 radical (unpaired) electrons. The van der Waals surface area contributed by atoms with Crippen molar-refractivity contribution in [3.63, 3.8) is 0 Å². The van der Waals surface area contributed by atoms with Gasteiger partial charge in [-0.15, -0.1) is 11.6 Å². The molecule has 15 heavy (non-hydrogen) atoms. The fourth-order valence-corrected chi connectivity index (χ4v) is 3.95. The molecule has 88 valence electrons. The Kier molecular flexibility index (Phi) is 3.55. The minimum atomic E-state index is -3.18. The summed E-state index contributed by atoms with van der Waals surface area (Å²) >= 11 is 5.78. The molecule has 1 saturated heterocycles. The molecule has 1 heterocycles. The summed E-state index contributed by atoms with van der Waals surface area (Å²) in [6.07, 6.45) is 3.18. The second-order valence-corrected chi connectivity index (χ2v) is 6.72. The van der Waals surface area contributed by atoms with E-state index in [2.05, 4.69) is 4.72 Å². The van der Waals surface area contributed by atoms with E-state index in [1.807, 2.05) is 0 Å². The molecule has 1 saturated carbocycles. The normalized spacial score (nSPS) is 36.5. The molecule has 1 atom stereocenters.